The molecule has 156 valence electrons. The largest absolute Gasteiger partial charge is 0.493 e. The molecule has 0 N–H and O–H groups in total. The van der Waals surface area contributed by atoms with Crippen molar-refractivity contribution in [1.82, 2.24) is 4.90 Å². The molecule has 1 aromatic rings. The topological polar surface area (TPSA) is 108 Å². The average Bonchev–Trinajstić information content (AvgIpc) is 3.04. The lowest BCUT2D eigenvalue weighted by atomic mass is 10.2. The highest BCUT2D eigenvalue weighted by molar-refractivity contribution is 7.91. The number of hydrogen-bond acceptors (Lipinski definition) is 8. The molecule has 1 aliphatic heterocycles. The maximum absolute atomic E-state index is 12.4. The van der Waals surface area contributed by atoms with E-state index in [0.29, 0.717) is 18.7 Å². The third-order valence-corrected chi connectivity index (χ3v) is 6.29. The minimum atomic E-state index is -3.12. The van der Waals surface area contributed by atoms with E-state index >= 15 is 0 Å². The zero-order chi connectivity index (χ0) is 20.9. The van der Waals surface area contributed by atoms with Crippen molar-refractivity contribution < 1.29 is 37.0 Å². The summed E-state index contributed by atoms with van der Waals surface area (Å²) in [6.45, 7) is 1.60. The van der Waals surface area contributed by atoms with Crippen LogP contribution in [0.2, 0.25) is 0 Å². The Bertz CT molecular complexity index is 811. The number of esters is 1. The molecule has 10 heteroatoms. The SMILES string of the molecule is CCN(C(=O)COC(=O)c1cc(OC)c(OC)c(OC)c1)C1CCS(=O)(=O)C1. The quantitative estimate of drug-likeness (QED) is 0.577. The van der Waals surface area contributed by atoms with Crippen LogP contribution >= 0.6 is 0 Å². The minimum absolute atomic E-state index is 0.0621. The van der Waals surface area contributed by atoms with E-state index in [4.69, 9.17) is 18.9 Å². The van der Waals surface area contributed by atoms with Crippen molar-refractivity contribution in [2.24, 2.45) is 0 Å². The summed E-state index contributed by atoms with van der Waals surface area (Å²) in [6.07, 6.45) is 0.392. The first kappa shape index (κ1) is 21.8. The first-order chi connectivity index (χ1) is 13.3. The number of hydrogen-bond donors (Lipinski definition) is 0. The molecule has 0 saturated carbocycles. The summed E-state index contributed by atoms with van der Waals surface area (Å²) < 4.78 is 44.0. The molecule has 0 aliphatic carbocycles. The van der Waals surface area contributed by atoms with Crippen LogP contribution < -0.4 is 14.2 Å². The predicted molar refractivity (Wildman–Crippen MR) is 101 cm³/mol. The molecule has 9 nitrogen and oxygen atoms in total. The van der Waals surface area contributed by atoms with E-state index in [0.717, 1.165) is 0 Å². The van der Waals surface area contributed by atoms with E-state index < -0.39 is 28.3 Å². The number of benzene rings is 1. The highest BCUT2D eigenvalue weighted by atomic mass is 32.2. The number of likely N-dealkylation sites (N-methyl/N-ethyl adjacent to an activating group) is 1. The Kier molecular flexibility index (Phi) is 7.11. The second-order valence-corrected chi connectivity index (χ2v) is 8.46. The molecular weight excluding hydrogens is 390 g/mol. The van der Waals surface area contributed by atoms with Crippen molar-refractivity contribution in [2.75, 3.05) is 46.0 Å². The summed E-state index contributed by atoms with van der Waals surface area (Å²) in [4.78, 5) is 26.3. The molecule has 1 heterocycles. The number of carbonyl (C=O) groups excluding carboxylic acids is 2. The Balaban J connectivity index is 2.07. The molecule has 1 saturated heterocycles. The second-order valence-electron chi connectivity index (χ2n) is 6.23. The summed E-state index contributed by atoms with van der Waals surface area (Å²) >= 11 is 0. The third kappa shape index (κ3) is 4.86. The van der Waals surface area contributed by atoms with Crippen LogP contribution in [-0.4, -0.2) is 77.2 Å². The smallest absolute Gasteiger partial charge is 0.338 e. The van der Waals surface area contributed by atoms with Crippen LogP contribution in [0.1, 0.15) is 23.7 Å². The van der Waals surface area contributed by atoms with Gasteiger partial charge in [0.15, 0.2) is 27.9 Å². The van der Waals surface area contributed by atoms with E-state index in [9.17, 15) is 18.0 Å². The fourth-order valence-electron chi connectivity index (χ4n) is 3.15. The van der Waals surface area contributed by atoms with Crippen molar-refractivity contribution in [3.8, 4) is 17.2 Å². The van der Waals surface area contributed by atoms with Crippen LogP contribution in [0.25, 0.3) is 0 Å². The molecule has 1 aromatic carbocycles. The first-order valence-corrected chi connectivity index (χ1v) is 10.6. The van der Waals surface area contributed by atoms with E-state index in [-0.39, 0.29) is 34.6 Å². The molecule has 2 rings (SSSR count). The van der Waals surface area contributed by atoms with Crippen LogP contribution in [0.3, 0.4) is 0 Å². The van der Waals surface area contributed by atoms with Gasteiger partial charge in [0.1, 0.15) is 0 Å². The van der Waals surface area contributed by atoms with Gasteiger partial charge in [-0.15, -0.1) is 0 Å². The molecule has 0 radical (unpaired) electrons. The zero-order valence-corrected chi connectivity index (χ0v) is 17.2. The molecule has 1 unspecified atom stereocenters. The monoisotopic (exact) mass is 415 g/mol. The standard InChI is InChI=1S/C18H25NO8S/c1-5-19(13-6-7-28(22,23)11-13)16(20)10-27-18(21)12-8-14(24-2)17(26-4)15(9-12)25-3/h8-9,13H,5-7,10-11H2,1-4H3. The minimum Gasteiger partial charge on any atom is -0.493 e. The number of rotatable bonds is 8. The van der Waals surface area contributed by atoms with Gasteiger partial charge in [-0.05, 0) is 25.5 Å². The summed E-state index contributed by atoms with van der Waals surface area (Å²) in [6, 6.07) is 2.47. The van der Waals surface area contributed by atoms with Crippen molar-refractivity contribution in [1.29, 1.82) is 0 Å². The Hall–Kier alpha value is -2.49. The van der Waals surface area contributed by atoms with Crippen LogP contribution in [-0.2, 0) is 19.4 Å². The van der Waals surface area contributed by atoms with E-state index in [2.05, 4.69) is 0 Å². The molecular formula is C18H25NO8S. The number of ether oxygens (including phenoxy) is 4. The molecule has 0 aromatic heterocycles. The third-order valence-electron chi connectivity index (χ3n) is 4.54. The average molecular weight is 415 g/mol. The second kappa shape index (κ2) is 9.13. The molecule has 1 fully saturated rings. The fraction of sp³-hybridized carbons (Fsp3) is 0.556. The van der Waals surface area contributed by atoms with Gasteiger partial charge in [-0.1, -0.05) is 0 Å². The van der Waals surface area contributed by atoms with Gasteiger partial charge < -0.3 is 23.8 Å². The first-order valence-electron chi connectivity index (χ1n) is 8.73. The van der Waals surface area contributed by atoms with Crippen molar-refractivity contribution >= 4 is 21.7 Å². The number of amides is 1. The van der Waals surface area contributed by atoms with Crippen LogP contribution in [0.4, 0.5) is 0 Å². The molecule has 1 amide bonds. The van der Waals surface area contributed by atoms with Gasteiger partial charge in [-0.2, -0.15) is 0 Å². The van der Waals surface area contributed by atoms with Gasteiger partial charge in [0, 0.05) is 12.6 Å². The van der Waals surface area contributed by atoms with E-state index in [1.807, 2.05) is 0 Å². The zero-order valence-electron chi connectivity index (χ0n) is 16.4. The summed E-state index contributed by atoms with van der Waals surface area (Å²) in [5.74, 6) is -0.275. The lowest BCUT2D eigenvalue weighted by Crippen LogP contribution is -2.43. The fourth-order valence-corrected chi connectivity index (χ4v) is 4.88. The van der Waals surface area contributed by atoms with Crippen molar-refractivity contribution in [2.45, 2.75) is 19.4 Å². The Morgan fingerprint density at radius 1 is 1.11 bits per heavy atom. The molecule has 1 aliphatic rings. The van der Waals surface area contributed by atoms with Gasteiger partial charge in [-0.25, -0.2) is 13.2 Å². The normalized spacial score (nSPS) is 17.6. The summed E-state index contributed by atoms with van der Waals surface area (Å²) in [5.41, 5.74) is 0.133. The lowest BCUT2D eigenvalue weighted by molar-refractivity contribution is -0.136. The van der Waals surface area contributed by atoms with E-state index in [1.54, 1.807) is 6.92 Å². The van der Waals surface area contributed by atoms with Crippen LogP contribution in [0.15, 0.2) is 12.1 Å². The molecule has 0 spiro atoms. The maximum atomic E-state index is 12.4. The summed E-state index contributed by atoms with van der Waals surface area (Å²) in [7, 11) is 1.17. The Labute approximate surface area is 164 Å². The maximum Gasteiger partial charge on any atom is 0.338 e. The number of methoxy groups -OCH3 is 3. The Morgan fingerprint density at radius 2 is 1.71 bits per heavy atom. The van der Waals surface area contributed by atoms with Gasteiger partial charge >= 0.3 is 5.97 Å². The number of nitrogens with zero attached hydrogens (tertiary/aromatic N) is 1. The van der Waals surface area contributed by atoms with E-state index in [1.165, 1.54) is 38.4 Å². The van der Waals surface area contributed by atoms with Gasteiger partial charge in [-0.3, -0.25) is 4.79 Å². The number of sulfone groups is 1. The molecule has 0 bridgehead atoms. The van der Waals surface area contributed by atoms with Crippen molar-refractivity contribution in [3.05, 3.63) is 17.7 Å². The highest BCUT2D eigenvalue weighted by Crippen LogP contribution is 2.38. The summed E-state index contributed by atoms with van der Waals surface area (Å²) in [5, 5.41) is 0. The van der Waals surface area contributed by atoms with Gasteiger partial charge in [0.2, 0.25) is 5.75 Å². The lowest BCUT2D eigenvalue weighted by Gasteiger charge is -2.26. The molecule has 28 heavy (non-hydrogen) atoms. The Morgan fingerprint density at radius 3 is 2.14 bits per heavy atom. The van der Waals surface area contributed by atoms with Gasteiger partial charge in [0.05, 0.1) is 38.4 Å². The van der Waals surface area contributed by atoms with Crippen LogP contribution in [0, 0.1) is 0 Å². The predicted octanol–water partition coefficient (Wildman–Crippen LogP) is 0.905. The van der Waals surface area contributed by atoms with Gasteiger partial charge in [0.25, 0.3) is 5.91 Å². The van der Waals surface area contributed by atoms with Crippen LogP contribution in [0.5, 0.6) is 17.2 Å². The molecule has 1 atom stereocenters. The number of carbonyl (C=O) groups is 2. The highest BCUT2D eigenvalue weighted by Gasteiger charge is 2.34. The van der Waals surface area contributed by atoms with Crippen molar-refractivity contribution in [3.63, 3.8) is 0 Å².